The normalized spacial score (nSPS) is 10.6. The van der Waals surface area contributed by atoms with Gasteiger partial charge < -0.3 is 16.5 Å². The summed E-state index contributed by atoms with van der Waals surface area (Å²) in [7, 11) is 0. The second kappa shape index (κ2) is 2.73. The number of nitrogen functional groups attached to an aromatic ring is 1. The van der Waals surface area contributed by atoms with Crippen molar-refractivity contribution < 1.29 is 4.79 Å². The Bertz CT molecular complexity index is 515. The number of carbonyl (C=O) groups excluding carboxylic acids is 1. The summed E-state index contributed by atoms with van der Waals surface area (Å²) in [6.07, 6.45) is 1.52. The van der Waals surface area contributed by atoms with Gasteiger partial charge in [0.05, 0.1) is 17.4 Å². The van der Waals surface area contributed by atoms with E-state index in [1.807, 2.05) is 6.92 Å². The number of anilines is 1. The number of H-pyrrole nitrogens is 1. The van der Waals surface area contributed by atoms with Crippen LogP contribution in [0.4, 0.5) is 5.69 Å². The van der Waals surface area contributed by atoms with Crippen molar-refractivity contribution in [1.29, 1.82) is 0 Å². The average Bonchev–Trinajstić information content (AvgIpc) is 2.59. The first-order chi connectivity index (χ1) is 6.61. The predicted molar refractivity (Wildman–Crippen MR) is 53.8 cm³/mol. The van der Waals surface area contributed by atoms with Gasteiger partial charge in [0.25, 0.3) is 5.91 Å². The molecule has 0 aliphatic rings. The zero-order chi connectivity index (χ0) is 10.3. The van der Waals surface area contributed by atoms with Crippen molar-refractivity contribution in [2.75, 3.05) is 5.73 Å². The highest BCUT2D eigenvalue weighted by atomic mass is 16.1. The molecule has 0 fully saturated rings. The molecule has 0 aliphatic heterocycles. The molecule has 72 valence electrons. The van der Waals surface area contributed by atoms with Crippen LogP contribution in [0, 0.1) is 6.92 Å². The minimum atomic E-state index is -0.520. The van der Waals surface area contributed by atoms with Gasteiger partial charge in [0.15, 0.2) is 0 Å². The fourth-order valence-corrected chi connectivity index (χ4v) is 1.45. The molecule has 5 nitrogen and oxygen atoms in total. The number of hydrogen-bond donors (Lipinski definition) is 3. The average molecular weight is 190 g/mol. The van der Waals surface area contributed by atoms with Crippen molar-refractivity contribution in [2.45, 2.75) is 6.92 Å². The standard InChI is InChI=1S/C9H10N4O/c1-4-6(10)2-5(9(11)14)8-7(4)12-3-13-8/h2-3H,10H2,1H3,(H2,11,14)(H,12,13). The minimum Gasteiger partial charge on any atom is -0.398 e. The minimum absolute atomic E-state index is 0.351. The number of nitrogens with two attached hydrogens (primary N) is 2. The Hall–Kier alpha value is -2.04. The summed E-state index contributed by atoms with van der Waals surface area (Å²) in [6.45, 7) is 1.86. The van der Waals surface area contributed by atoms with E-state index in [-0.39, 0.29) is 0 Å². The number of nitrogens with one attached hydrogen (secondary N) is 1. The van der Waals surface area contributed by atoms with Crippen molar-refractivity contribution in [3.63, 3.8) is 0 Å². The van der Waals surface area contributed by atoms with Crippen LogP contribution in [0.3, 0.4) is 0 Å². The monoisotopic (exact) mass is 190 g/mol. The Morgan fingerprint density at radius 2 is 2.29 bits per heavy atom. The highest BCUT2D eigenvalue weighted by molar-refractivity contribution is 6.06. The molecule has 1 aromatic carbocycles. The SMILES string of the molecule is Cc1c(N)cc(C(N)=O)c2nc[nH]c12. The van der Waals surface area contributed by atoms with Gasteiger partial charge >= 0.3 is 0 Å². The summed E-state index contributed by atoms with van der Waals surface area (Å²) in [6, 6.07) is 1.56. The van der Waals surface area contributed by atoms with Crippen molar-refractivity contribution in [3.8, 4) is 0 Å². The maximum atomic E-state index is 11.1. The Labute approximate surface area is 80.1 Å². The molecule has 5 N–H and O–H groups in total. The topological polar surface area (TPSA) is 97.8 Å². The van der Waals surface area contributed by atoms with E-state index in [9.17, 15) is 4.79 Å². The highest BCUT2D eigenvalue weighted by Gasteiger charge is 2.12. The van der Waals surface area contributed by atoms with E-state index < -0.39 is 5.91 Å². The molecule has 0 aliphatic carbocycles. The zero-order valence-electron chi connectivity index (χ0n) is 7.66. The maximum Gasteiger partial charge on any atom is 0.251 e. The summed E-state index contributed by atoms with van der Waals surface area (Å²) in [5.41, 5.74) is 14.0. The highest BCUT2D eigenvalue weighted by Crippen LogP contribution is 2.24. The van der Waals surface area contributed by atoms with Crippen molar-refractivity contribution in [3.05, 3.63) is 23.5 Å². The molecular weight excluding hydrogens is 180 g/mol. The van der Waals surface area contributed by atoms with Crippen LogP contribution < -0.4 is 11.5 Å². The number of rotatable bonds is 1. The van der Waals surface area contributed by atoms with Gasteiger partial charge in [-0.2, -0.15) is 0 Å². The molecule has 14 heavy (non-hydrogen) atoms. The van der Waals surface area contributed by atoms with E-state index >= 15 is 0 Å². The van der Waals surface area contributed by atoms with Gasteiger partial charge in [-0.05, 0) is 18.6 Å². The molecule has 0 radical (unpaired) electrons. The second-order valence-corrected chi connectivity index (χ2v) is 3.13. The van der Waals surface area contributed by atoms with Crippen LogP contribution in [0.15, 0.2) is 12.4 Å². The summed E-state index contributed by atoms with van der Waals surface area (Å²) in [5.74, 6) is -0.520. The van der Waals surface area contributed by atoms with Crippen LogP contribution in [-0.2, 0) is 0 Å². The lowest BCUT2D eigenvalue weighted by Crippen LogP contribution is -2.12. The Morgan fingerprint density at radius 3 is 2.93 bits per heavy atom. The number of aromatic amines is 1. The number of benzene rings is 1. The molecule has 0 saturated carbocycles. The first-order valence-electron chi connectivity index (χ1n) is 4.13. The third kappa shape index (κ3) is 1.02. The number of primary amides is 1. The molecule has 1 heterocycles. The van der Waals surface area contributed by atoms with E-state index in [2.05, 4.69) is 9.97 Å². The molecule has 0 atom stereocenters. The number of amides is 1. The van der Waals surface area contributed by atoms with Crippen LogP contribution in [0.1, 0.15) is 15.9 Å². The van der Waals surface area contributed by atoms with Crippen LogP contribution in [-0.4, -0.2) is 15.9 Å². The lowest BCUT2D eigenvalue weighted by molar-refractivity contribution is 0.100. The second-order valence-electron chi connectivity index (χ2n) is 3.13. The molecule has 1 aromatic heterocycles. The van der Waals surface area contributed by atoms with E-state index in [0.717, 1.165) is 11.1 Å². The van der Waals surface area contributed by atoms with Gasteiger partial charge in [0, 0.05) is 5.69 Å². The third-order valence-electron chi connectivity index (χ3n) is 2.27. The van der Waals surface area contributed by atoms with Gasteiger partial charge in [-0.25, -0.2) is 4.98 Å². The quantitative estimate of drug-likeness (QED) is 0.573. The molecule has 0 spiro atoms. The lowest BCUT2D eigenvalue weighted by atomic mass is 10.1. The molecule has 2 aromatic rings. The Balaban J connectivity index is 2.91. The number of fused-ring (bicyclic) bond motifs is 1. The van der Waals surface area contributed by atoms with Crippen molar-refractivity contribution in [2.24, 2.45) is 5.73 Å². The summed E-state index contributed by atoms with van der Waals surface area (Å²) in [5, 5.41) is 0. The number of aromatic nitrogens is 2. The largest absolute Gasteiger partial charge is 0.398 e. The van der Waals surface area contributed by atoms with Crippen LogP contribution >= 0.6 is 0 Å². The molecule has 0 bridgehead atoms. The molecular formula is C9H10N4O. The Morgan fingerprint density at radius 1 is 1.57 bits per heavy atom. The summed E-state index contributed by atoms with van der Waals surface area (Å²) in [4.78, 5) is 18.0. The lowest BCUT2D eigenvalue weighted by Gasteiger charge is -2.04. The Kier molecular flexibility index (Phi) is 1.67. The molecule has 5 heteroatoms. The van der Waals surface area contributed by atoms with Gasteiger partial charge in [-0.15, -0.1) is 0 Å². The molecule has 0 saturated heterocycles. The number of hydrogen-bond acceptors (Lipinski definition) is 3. The number of imidazole rings is 1. The maximum absolute atomic E-state index is 11.1. The molecule has 1 amide bonds. The van der Waals surface area contributed by atoms with Gasteiger partial charge in [0.2, 0.25) is 0 Å². The number of nitrogens with zero attached hydrogens (tertiary/aromatic N) is 1. The van der Waals surface area contributed by atoms with Crippen molar-refractivity contribution in [1.82, 2.24) is 9.97 Å². The summed E-state index contributed by atoms with van der Waals surface area (Å²) < 4.78 is 0. The van der Waals surface area contributed by atoms with Crippen molar-refractivity contribution >= 4 is 22.6 Å². The van der Waals surface area contributed by atoms with Crippen LogP contribution in [0.2, 0.25) is 0 Å². The van der Waals surface area contributed by atoms with E-state index in [4.69, 9.17) is 11.5 Å². The number of carbonyl (C=O) groups is 1. The van der Waals surface area contributed by atoms with Crippen LogP contribution in [0.5, 0.6) is 0 Å². The van der Waals surface area contributed by atoms with Gasteiger partial charge in [0.1, 0.15) is 5.52 Å². The first-order valence-corrected chi connectivity index (χ1v) is 4.13. The van der Waals surface area contributed by atoms with Gasteiger partial charge in [-0.3, -0.25) is 4.79 Å². The molecule has 0 unspecified atom stereocenters. The molecule has 2 rings (SSSR count). The fraction of sp³-hybridized carbons (Fsp3) is 0.111. The third-order valence-corrected chi connectivity index (χ3v) is 2.27. The fourth-order valence-electron chi connectivity index (χ4n) is 1.45. The van der Waals surface area contributed by atoms with Gasteiger partial charge in [-0.1, -0.05) is 0 Å². The van der Waals surface area contributed by atoms with E-state index in [0.29, 0.717) is 16.8 Å². The predicted octanol–water partition coefficient (Wildman–Crippen LogP) is 0.552. The van der Waals surface area contributed by atoms with E-state index in [1.54, 1.807) is 6.07 Å². The summed E-state index contributed by atoms with van der Waals surface area (Å²) >= 11 is 0. The van der Waals surface area contributed by atoms with Crippen LogP contribution in [0.25, 0.3) is 11.0 Å². The van der Waals surface area contributed by atoms with E-state index in [1.165, 1.54) is 6.33 Å². The smallest absolute Gasteiger partial charge is 0.251 e. The first kappa shape index (κ1) is 8.55. The zero-order valence-corrected chi connectivity index (χ0v) is 7.66. The number of aryl methyl sites for hydroxylation is 1.